The van der Waals surface area contributed by atoms with Crippen LogP contribution in [0, 0.1) is 0 Å². The second-order valence-electron chi connectivity index (χ2n) is 4.13. The van der Waals surface area contributed by atoms with E-state index in [2.05, 4.69) is 10.3 Å². The molecule has 20 heavy (non-hydrogen) atoms. The Hall–Kier alpha value is -2.89. The van der Waals surface area contributed by atoms with Crippen molar-refractivity contribution >= 4 is 17.6 Å². The Balaban J connectivity index is 1.97. The number of phenols is 1. The molecule has 0 bridgehead atoms. The molecular weight excluding hydrogens is 260 g/mol. The predicted molar refractivity (Wildman–Crippen MR) is 71.6 cm³/mol. The maximum absolute atomic E-state index is 11.8. The number of aromatic nitrogens is 1. The molecule has 1 aromatic carbocycles. The van der Waals surface area contributed by atoms with E-state index in [1.807, 2.05) is 0 Å². The first kappa shape index (κ1) is 13.5. The van der Waals surface area contributed by atoms with Crippen molar-refractivity contribution in [2.45, 2.75) is 6.42 Å². The summed E-state index contributed by atoms with van der Waals surface area (Å²) in [6.07, 6.45) is 1.44. The number of amides is 1. The number of rotatable bonds is 4. The van der Waals surface area contributed by atoms with Crippen molar-refractivity contribution in [3.8, 4) is 5.75 Å². The second-order valence-corrected chi connectivity index (χ2v) is 4.13. The monoisotopic (exact) mass is 272 g/mol. The summed E-state index contributed by atoms with van der Waals surface area (Å²) in [5, 5.41) is 20.5. The topological polar surface area (TPSA) is 99.5 Å². The van der Waals surface area contributed by atoms with Gasteiger partial charge in [-0.05, 0) is 29.8 Å². The van der Waals surface area contributed by atoms with Crippen molar-refractivity contribution in [3.63, 3.8) is 0 Å². The third-order valence-corrected chi connectivity index (χ3v) is 2.57. The number of carbonyl (C=O) groups excluding carboxylic acids is 1. The third kappa shape index (κ3) is 3.55. The number of carbonyl (C=O) groups is 2. The number of nitrogens with zero attached hydrogens (tertiary/aromatic N) is 1. The van der Waals surface area contributed by atoms with Gasteiger partial charge in [-0.1, -0.05) is 12.1 Å². The van der Waals surface area contributed by atoms with E-state index in [-0.39, 0.29) is 23.8 Å². The van der Waals surface area contributed by atoms with Crippen LogP contribution in [-0.4, -0.2) is 27.1 Å². The Kier molecular flexibility index (Phi) is 3.95. The van der Waals surface area contributed by atoms with Gasteiger partial charge in [0.1, 0.15) is 11.4 Å². The van der Waals surface area contributed by atoms with Crippen molar-refractivity contribution in [1.82, 2.24) is 4.98 Å². The highest BCUT2D eigenvalue weighted by molar-refractivity contribution is 5.92. The van der Waals surface area contributed by atoms with E-state index in [1.165, 1.54) is 30.5 Å². The SMILES string of the molecule is O=C(Cc1ccc(O)cc1)Nc1ccc(C(=O)O)nc1. The predicted octanol–water partition coefficient (Wildman–Crippen LogP) is 1.67. The van der Waals surface area contributed by atoms with Gasteiger partial charge in [0.05, 0.1) is 18.3 Å². The fourth-order valence-electron chi connectivity index (χ4n) is 1.60. The summed E-state index contributed by atoms with van der Waals surface area (Å²) >= 11 is 0. The van der Waals surface area contributed by atoms with Gasteiger partial charge in [0.2, 0.25) is 5.91 Å². The smallest absolute Gasteiger partial charge is 0.354 e. The number of phenolic OH excluding ortho intramolecular Hbond substituents is 1. The second kappa shape index (κ2) is 5.83. The molecule has 0 spiro atoms. The van der Waals surface area contributed by atoms with E-state index >= 15 is 0 Å². The number of nitrogens with one attached hydrogen (secondary N) is 1. The summed E-state index contributed by atoms with van der Waals surface area (Å²) in [6.45, 7) is 0. The van der Waals surface area contributed by atoms with E-state index in [1.54, 1.807) is 12.1 Å². The highest BCUT2D eigenvalue weighted by Crippen LogP contribution is 2.11. The molecule has 0 aliphatic rings. The maximum Gasteiger partial charge on any atom is 0.354 e. The van der Waals surface area contributed by atoms with Gasteiger partial charge >= 0.3 is 5.97 Å². The van der Waals surface area contributed by atoms with Crippen molar-refractivity contribution in [2.75, 3.05) is 5.32 Å². The molecule has 1 heterocycles. The van der Waals surface area contributed by atoms with Gasteiger partial charge in [-0.25, -0.2) is 9.78 Å². The van der Waals surface area contributed by atoms with E-state index in [4.69, 9.17) is 10.2 Å². The minimum atomic E-state index is -1.12. The Bertz CT molecular complexity index is 621. The number of benzene rings is 1. The average Bonchev–Trinajstić information content (AvgIpc) is 2.42. The summed E-state index contributed by atoms with van der Waals surface area (Å²) in [6, 6.07) is 9.11. The fourth-order valence-corrected chi connectivity index (χ4v) is 1.60. The van der Waals surface area contributed by atoms with E-state index in [9.17, 15) is 9.59 Å². The zero-order chi connectivity index (χ0) is 14.5. The lowest BCUT2D eigenvalue weighted by atomic mass is 10.1. The number of hydrogen-bond acceptors (Lipinski definition) is 4. The molecule has 0 saturated carbocycles. The van der Waals surface area contributed by atoms with Crippen LogP contribution in [0.5, 0.6) is 5.75 Å². The number of anilines is 1. The van der Waals surface area contributed by atoms with Crippen LogP contribution in [0.3, 0.4) is 0 Å². The number of aromatic carboxylic acids is 1. The zero-order valence-electron chi connectivity index (χ0n) is 10.4. The molecule has 0 radical (unpaired) electrons. The summed E-state index contributed by atoms with van der Waals surface area (Å²) in [5.41, 5.74) is 1.11. The lowest BCUT2D eigenvalue weighted by Gasteiger charge is -2.05. The summed E-state index contributed by atoms with van der Waals surface area (Å²) in [4.78, 5) is 26.1. The Morgan fingerprint density at radius 3 is 2.35 bits per heavy atom. The molecular formula is C14H12N2O4. The molecule has 0 aliphatic heterocycles. The van der Waals surface area contributed by atoms with Crippen molar-refractivity contribution in [1.29, 1.82) is 0 Å². The number of aromatic hydroxyl groups is 1. The van der Waals surface area contributed by atoms with Gasteiger partial charge in [-0.3, -0.25) is 4.79 Å². The lowest BCUT2D eigenvalue weighted by Crippen LogP contribution is -2.14. The molecule has 1 aromatic heterocycles. The standard InChI is InChI=1S/C14H12N2O4/c17-11-4-1-9(2-5-11)7-13(18)16-10-3-6-12(14(19)20)15-8-10/h1-6,8,17H,7H2,(H,16,18)(H,19,20). The van der Waals surface area contributed by atoms with E-state index < -0.39 is 5.97 Å². The normalized spacial score (nSPS) is 10.0. The molecule has 0 unspecified atom stereocenters. The first-order valence-corrected chi connectivity index (χ1v) is 5.82. The van der Waals surface area contributed by atoms with Crippen LogP contribution in [-0.2, 0) is 11.2 Å². The lowest BCUT2D eigenvalue weighted by molar-refractivity contribution is -0.115. The van der Waals surface area contributed by atoms with Gasteiger partial charge < -0.3 is 15.5 Å². The van der Waals surface area contributed by atoms with Gasteiger partial charge in [0, 0.05) is 0 Å². The molecule has 0 saturated heterocycles. The summed E-state index contributed by atoms with van der Waals surface area (Å²) in [5.74, 6) is -1.23. The molecule has 6 heteroatoms. The third-order valence-electron chi connectivity index (χ3n) is 2.57. The summed E-state index contributed by atoms with van der Waals surface area (Å²) in [7, 11) is 0. The van der Waals surface area contributed by atoms with Crippen LogP contribution in [0.2, 0.25) is 0 Å². The first-order chi connectivity index (χ1) is 9.54. The van der Waals surface area contributed by atoms with Crippen molar-refractivity contribution < 1.29 is 19.8 Å². The van der Waals surface area contributed by atoms with Crippen LogP contribution < -0.4 is 5.32 Å². The molecule has 3 N–H and O–H groups in total. The molecule has 0 aliphatic carbocycles. The van der Waals surface area contributed by atoms with Gasteiger partial charge in [-0.15, -0.1) is 0 Å². The van der Waals surface area contributed by atoms with Gasteiger partial charge in [-0.2, -0.15) is 0 Å². The molecule has 1 amide bonds. The van der Waals surface area contributed by atoms with Crippen LogP contribution in [0.1, 0.15) is 16.1 Å². The van der Waals surface area contributed by atoms with Crippen molar-refractivity contribution in [2.24, 2.45) is 0 Å². The first-order valence-electron chi connectivity index (χ1n) is 5.82. The Morgan fingerprint density at radius 2 is 1.80 bits per heavy atom. The highest BCUT2D eigenvalue weighted by atomic mass is 16.4. The maximum atomic E-state index is 11.8. The van der Waals surface area contributed by atoms with Crippen molar-refractivity contribution in [3.05, 3.63) is 53.9 Å². The molecule has 2 rings (SSSR count). The van der Waals surface area contributed by atoms with Gasteiger partial charge in [0.15, 0.2) is 0 Å². The van der Waals surface area contributed by atoms with Crippen LogP contribution in [0.25, 0.3) is 0 Å². The Labute approximate surface area is 114 Å². The van der Waals surface area contributed by atoms with Gasteiger partial charge in [0.25, 0.3) is 0 Å². The van der Waals surface area contributed by atoms with E-state index in [0.29, 0.717) is 5.69 Å². The highest BCUT2D eigenvalue weighted by Gasteiger charge is 2.07. The molecule has 0 fully saturated rings. The number of carboxylic acids is 1. The number of hydrogen-bond donors (Lipinski definition) is 3. The number of pyridine rings is 1. The largest absolute Gasteiger partial charge is 0.508 e. The average molecular weight is 272 g/mol. The van der Waals surface area contributed by atoms with Crippen LogP contribution >= 0.6 is 0 Å². The zero-order valence-corrected chi connectivity index (χ0v) is 10.4. The molecule has 102 valence electrons. The van der Waals surface area contributed by atoms with Crippen LogP contribution in [0.4, 0.5) is 5.69 Å². The summed E-state index contributed by atoms with van der Waals surface area (Å²) < 4.78 is 0. The van der Waals surface area contributed by atoms with E-state index in [0.717, 1.165) is 5.56 Å². The Morgan fingerprint density at radius 1 is 1.10 bits per heavy atom. The molecule has 2 aromatic rings. The number of carboxylic acid groups (broad SMARTS) is 1. The van der Waals surface area contributed by atoms with Crippen LogP contribution in [0.15, 0.2) is 42.6 Å². The minimum absolute atomic E-state index is 0.0819. The quantitative estimate of drug-likeness (QED) is 0.786. The molecule has 6 nitrogen and oxygen atoms in total. The minimum Gasteiger partial charge on any atom is -0.508 e. The fraction of sp³-hybridized carbons (Fsp3) is 0.0714. The molecule has 0 atom stereocenters.